The Bertz CT molecular complexity index is 1160. The van der Waals surface area contributed by atoms with Crippen LogP contribution in [0.5, 0.6) is 0 Å². The second-order valence-corrected chi connectivity index (χ2v) is 5.82. The number of hydrogen-bond donors (Lipinski definition) is 2. The van der Waals surface area contributed by atoms with E-state index in [0.717, 1.165) is 16.3 Å². The fourth-order valence-corrected chi connectivity index (χ4v) is 2.88. The first kappa shape index (κ1) is 15.5. The Morgan fingerprint density at radius 1 is 0.846 bits per heavy atom. The summed E-state index contributed by atoms with van der Waals surface area (Å²) in [5.41, 5.74) is 14.8. The van der Waals surface area contributed by atoms with E-state index >= 15 is 0 Å². The average Bonchev–Trinajstić information content (AvgIpc) is 2.67. The number of pyridine rings is 1. The van der Waals surface area contributed by atoms with E-state index in [0.29, 0.717) is 22.4 Å². The van der Waals surface area contributed by atoms with Gasteiger partial charge in [-0.05, 0) is 22.9 Å². The lowest BCUT2D eigenvalue weighted by molar-refractivity contribution is 1.18. The number of aromatic nitrogens is 3. The molecule has 0 unspecified atom stereocenters. The van der Waals surface area contributed by atoms with Gasteiger partial charge in [0, 0.05) is 29.1 Å². The van der Waals surface area contributed by atoms with Crippen molar-refractivity contribution in [2.45, 2.75) is 0 Å². The van der Waals surface area contributed by atoms with Gasteiger partial charge < -0.3 is 11.5 Å². The summed E-state index contributed by atoms with van der Waals surface area (Å²) in [6, 6.07) is 18.1. The van der Waals surface area contributed by atoms with Crippen LogP contribution < -0.4 is 11.5 Å². The molecule has 0 saturated carbocycles. The van der Waals surface area contributed by atoms with Gasteiger partial charge in [0.05, 0.1) is 5.69 Å². The summed E-state index contributed by atoms with van der Waals surface area (Å²) < 4.78 is 0. The van der Waals surface area contributed by atoms with Crippen LogP contribution in [0.2, 0.25) is 0 Å². The number of hydrogen-bond acceptors (Lipinski definition) is 6. The lowest BCUT2D eigenvalue weighted by atomic mass is 9.99. The number of benzene rings is 2. The van der Waals surface area contributed by atoms with E-state index in [1.54, 1.807) is 12.4 Å². The number of nitrogen functional groups attached to an aromatic ring is 2. The largest absolute Gasteiger partial charge is 0.383 e. The highest BCUT2D eigenvalue weighted by Gasteiger charge is 2.14. The second-order valence-electron chi connectivity index (χ2n) is 5.82. The molecule has 6 heteroatoms. The van der Waals surface area contributed by atoms with Crippen molar-refractivity contribution in [3.63, 3.8) is 0 Å². The third-order valence-corrected chi connectivity index (χ3v) is 4.19. The summed E-state index contributed by atoms with van der Waals surface area (Å²) >= 11 is 0. The number of nitrogens with zero attached hydrogens (tertiary/aromatic N) is 4. The minimum absolute atomic E-state index is 0.170. The molecule has 0 amide bonds. The zero-order chi connectivity index (χ0) is 18.1. The van der Waals surface area contributed by atoms with Gasteiger partial charge in [-0.25, -0.2) is 15.0 Å². The molecule has 26 heavy (non-hydrogen) atoms. The molecule has 0 aliphatic heterocycles. The molecule has 2 aromatic heterocycles. The van der Waals surface area contributed by atoms with E-state index in [2.05, 4.69) is 27.1 Å². The van der Waals surface area contributed by atoms with Gasteiger partial charge in [0.25, 0.3) is 0 Å². The lowest BCUT2D eigenvalue weighted by Crippen LogP contribution is -2.01. The van der Waals surface area contributed by atoms with Crippen molar-refractivity contribution in [1.82, 2.24) is 15.0 Å². The predicted molar refractivity (Wildman–Crippen MR) is 102 cm³/mol. The van der Waals surface area contributed by atoms with Crippen LogP contribution in [0.1, 0.15) is 5.56 Å². The Labute approximate surface area is 149 Å². The molecule has 2 heterocycles. The van der Waals surface area contributed by atoms with Crippen LogP contribution in [0, 0.1) is 11.3 Å². The van der Waals surface area contributed by atoms with Crippen molar-refractivity contribution in [3.8, 4) is 28.5 Å². The molecule has 0 aliphatic rings. The average molecular weight is 338 g/mol. The standard InChI is InChI=1S/C20H14N6/c21-9-17-16(15-10-24-20(23)25-11-15)8-18(26-19(17)22)14-6-5-12-3-1-2-4-13(12)7-14/h1-8,10-11H,(H2,22,26)(H2,23,24,25). The molecular weight excluding hydrogens is 324 g/mol. The molecule has 2 aromatic carbocycles. The maximum Gasteiger partial charge on any atom is 0.219 e. The molecule has 4 aromatic rings. The van der Waals surface area contributed by atoms with Crippen molar-refractivity contribution >= 4 is 22.5 Å². The summed E-state index contributed by atoms with van der Waals surface area (Å²) in [6.07, 6.45) is 3.14. The third kappa shape index (κ3) is 2.68. The molecule has 0 radical (unpaired) electrons. The second kappa shape index (κ2) is 6.15. The summed E-state index contributed by atoms with van der Waals surface area (Å²) in [5.74, 6) is 0.342. The van der Waals surface area contributed by atoms with Crippen LogP contribution in [0.3, 0.4) is 0 Å². The van der Waals surface area contributed by atoms with Gasteiger partial charge in [-0.15, -0.1) is 0 Å². The highest BCUT2D eigenvalue weighted by molar-refractivity contribution is 5.88. The highest BCUT2D eigenvalue weighted by Crippen LogP contribution is 2.31. The lowest BCUT2D eigenvalue weighted by Gasteiger charge is -2.10. The molecule has 4 N–H and O–H groups in total. The van der Waals surface area contributed by atoms with Gasteiger partial charge in [0.1, 0.15) is 17.5 Å². The first-order valence-corrected chi connectivity index (χ1v) is 7.93. The molecular formula is C20H14N6. The van der Waals surface area contributed by atoms with E-state index in [4.69, 9.17) is 11.5 Å². The van der Waals surface area contributed by atoms with Crippen molar-refractivity contribution in [2.24, 2.45) is 0 Å². The molecule has 4 rings (SSSR count). The number of fused-ring (bicyclic) bond motifs is 1. The number of nitriles is 1. The van der Waals surface area contributed by atoms with E-state index in [-0.39, 0.29) is 11.8 Å². The SMILES string of the molecule is N#Cc1c(-c2cnc(N)nc2)cc(-c2ccc3ccccc3c2)nc1N. The molecule has 0 saturated heterocycles. The summed E-state index contributed by atoms with van der Waals surface area (Å²) in [7, 11) is 0. The molecule has 0 spiro atoms. The zero-order valence-corrected chi connectivity index (χ0v) is 13.7. The fourth-order valence-electron chi connectivity index (χ4n) is 2.88. The third-order valence-electron chi connectivity index (χ3n) is 4.19. The van der Waals surface area contributed by atoms with Crippen molar-refractivity contribution in [3.05, 3.63) is 66.5 Å². The van der Waals surface area contributed by atoms with E-state index in [9.17, 15) is 5.26 Å². The van der Waals surface area contributed by atoms with Gasteiger partial charge in [0.15, 0.2) is 0 Å². The van der Waals surface area contributed by atoms with Crippen molar-refractivity contribution in [1.29, 1.82) is 5.26 Å². The summed E-state index contributed by atoms with van der Waals surface area (Å²) in [5, 5.41) is 11.7. The molecule has 124 valence electrons. The van der Waals surface area contributed by atoms with Gasteiger partial charge in [-0.1, -0.05) is 36.4 Å². The Kier molecular flexibility index (Phi) is 3.67. The first-order chi connectivity index (χ1) is 12.7. The van der Waals surface area contributed by atoms with Crippen LogP contribution in [-0.4, -0.2) is 15.0 Å². The van der Waals surface area contributed by atoms with Crippen LogP contribution in [-0.2, 0) is 0 Å². The maximum absolute atomic E-state index is 9.48. The van der Waals surface area contributed by atoms with Gasteiger partial charge in [-0.3, -0.25) is 0 Å². The van der Waals surface area contributed by atoms with E-state index in [1.165, 1.54) is 0 Å². The van der Waals surface area contributed by atoms with Crippen molar-refractivity contribution < 1.29 is 0 Å². The van der Waals surface area contributed by atoms with Gasteiger partial charge >= 0.3 is 0 Å². The number of rotatable bonds is 2. The van der Waals surface area contributed by atoms with Crippen LogP contribution in [0.15, 0.2) is 60.9 Å². The molecule has 0 aliphatic carbocycles. The van der Waals surface area contributed by atoms with E-state index < -0.39 is 0 Å². The highest BCUT2D eigenvalue weighted by atomic mass is 15.0. The topological polar surface area (TPSA) is 114 Å². The molecule has 0 atom stereocenters. The number of nitrogens with two attached hydrogens (primary N) is 2. The molecule has 6 nitrogen and oxygen atoms in total. The smallest absolute Gasteiger partial charge is 0.219 e. The quantitative estimate of drug-likeness (QED) is 0.579. The monoisotopic (exact) mass is 338 g/mol. The van der Waals surface area contributed by atoms with Crippen molar-refractivity contribution in [2.75, 3.05) is 11.5 Å². The van der Waals surface area contributed by atoms with Crippen LogP contribution in [0.25, 0.3) is 33.2 Å². The van der Waals surface area contributed by atoms with Gasteiger partial charge in [0.2, 0.25) is 5.95 Å². The predicted octanol–water partition coefficient (Wildman–Crippen LogP) is 3.39. The summed E-state index contributed by atoms with van der Waals surface area (Å²) in [4.78, 5) is 12.4. The Morgan fingerprint density at radius 3 is 2.31 bits per heavy atom. The Balaban J connectivity index is 1.91. The fraction of sp³-hybridized carbons (Fsp3) is 0. The zero-order valence-electron chi connectivity index (χ0n) is 13.7. The number of anilines is 2. The Hall–Kier alpha value is -3.98. The first-order valence-electron chi connectivity index (χ1n) is 7.93. The normalized spacial score (nSPS) is 10.6. The summed E-state index contributed by atoms with van der Waals surface area (Å²) in [6.45, 7) is 0. The van der Waals surface area contributed by atoms with Crippen LogP contribution >= 0.6 is 0 Å². The Morgan fingerprint density at radius 2 is 1.58 bits per heavy atom. The minimum Gasteiger partial charge on any atom is -0.383 e. The minimum atomic E-state index is 0.170. The molecule has 0 bridgehead atoms. The van der Waals surface area contributed by atoms with Crippen LogP contribution in [0.4, 0.5) is 11.8 Å². The van der Waals surface area contributed by atoms with E-state index in [1.807, 2.05) is 42.5 Å². The maximum atomic E-state index is 9.48. The molecule has 0 fully saturated rings. The van der Waals surface area contributed by atoms with Gasteiger partial charge in [-0.2, -0.15) is 5.26 Å².